The molecule has 0 aliphatic carbocycles. The zero-order chi connectivity index (χ0) is 15.8. The maximum absolute atomic E-state index is 10.8. The van der Waals surface area contributed by atoms with Crippen molar-refractivity contribution in [3.8, 4) is 11.5 Å². The highest BCUT2D eigenvalue weighted by Crippen LogP contribution is 2.39. The second kappa shape index (κ2) is 5.43. The number of benzene rings is 3. The van der Waals surface area contributed by atoms with Crippen LogP contribution in [0, 0.1) is 0 Å². The predicted molar refractivity (Wildman–Crippen MR) is 92.8 cm³/mol. The smallest absolute Gasteiger partial charge is 0.167 e. The summed E-state index contributed by atoms with van der Waals surface area (Å²) in [5, 5.41) is 12.8. The molecule has 0 aromatic heterocycles. The lowest BCUT2D eigenvalue weighted by Crippen LogP contribution is -2.14. The average Bonchev–Trinajstić information content (AvgIpc) is 2.61. The molecule has 0 unspecified atom stereocenters. The summed E-state index contributed by atoms with van der Waals surface area (Å²) in [6, 6.07) is 18.1. The summed E-state index contributed by atoms with van der Waals surface area (Å²) in [6.07, 6.45) is 0.933. The van der Waals surface area contributed by atoms with E-state index in [0.717, 1.165) is 40.6 Å². The topological polar surface area (TPSA) is 41.8 Å². The van der Waals surface area contributed by atoms with Gasteiger partial charge in [0, 0.05) is 12.1 Å². The summed E-state index contributed by atoms with van der Waals surface area (Å²) >= 11 is 0. The van der Waals surface area contributed by atoms with Gasteiger partial charge in [-0.3, -0.25) is 4.99 Å². The molecule has 4 rings (SSSR count). The van der Waals surface area contributed by atoms with Gasteiger partial charge >= 0.3 is 0 Å². The molecule has 0 atom stereocenters. The number of aliphatic imine (C=N–C) groups is 1. The number of phenolic OH excluding ortho intramolecular Hbond substituents is 1. The van der Waals surface area contributed by atoms with Crippen LogP contribution in [0.1, 0.15) is 16.7 Å². The van der Waals surface area contributed by atoms with E-state index in [9.17, 15) is 5.11 Å². The third-order valence-corrected chi connectivity index (χ3v) is 4.37. The van der Waals surface area contributed by atoms with Gasteiger partial charge in [0.25, 0.3) is 0 Å². The zero-order valence-electron chi connectivity index (χ0n) is 12.9. The van der Waals surface area contributed by atoms with Crippen molar-refractivity contribution in [2.45, 2.75) is 6.42 Å². The Kier molecular flexibility index (Phi) is 3.27. The molecule has 1 heterocycles. The Morgan fingerprint density at radius 2 is 1.83 bits per heavy atom. The van der Waals surface area contributed by atoms with Gasteiger partial charge in [0.05, 0.1) is 18.4 Å². The molecule has 0 bridgehead atoms. The number of rotatable bonds is 2. The van der Waals surface area contributed by atoms with Crippen LogP contribution in [0.3, 0.4) is 0 Å². The third kappa shape index (κ3) is 2.16. The molecule has 3 nitrogen and oxygen atoms in total. The number of ether oxygens (including phenoxy) is 1. The summed E-state index contributed by atoms with van der Waals surface area (Å²) in [6.45, 7) is 0.733. The van der Waals surface area contributed by atoms with Crippen LogP contribution in [0.5, 0.6) is 11.5 Å². The first-order valence-corrected chi connectivity index (χ1v) is 7.71. The molecular formula is C20H17NO2. The van der Waals surface area contributed by atoms with Crippen molar-refractivity contribution in [3.63, 3.8) is 0 Å². The first-order valence-electron chi connectivity index (χ1n) is 7.71. The number of fused-ring (bicyclic) bond motifs is 2. The second-order valence-electron chi connectivity index (χ2n) is 5.66. The highest BCUT2D eigenvalue weighted by atomic mass is 16.5. The molecule has 0 radical (unpaired) electrons. The monoisotopic (exact) mass is 303 g/mol. The van der Waals surface area contributed by atoms with Gasteiger partial charge in [-0.1, -0.05) is 48.5 Å². The van der Waals surface area contributed by atoms with Gasteiger partial charge in [-0.2, -0.15) is 0 Å². The van der Waals surface area contributed by atoms with Crippen molar-refractivity contribution in [1.82, 2.24) is 0 Å². The fourth-order valence-electron chi connectivity index (χ4n) is 3.26. The molecule has 1 N–H and O–H groups in total. The maximum Gasteiger partial charge on any atom is 0.167 e. The summed E-state index contributed by atoms with van der Waals surface area (Å²) in [7, 11) is 1.57. The van der Waals surface area contributed by atoms with Gasteiger partial charge in [0.1, 0.15) is 0 Å². The molecule has 0 amide bonds. The number of hydrogen-bond acceptors (Lipinski definition) is 3. The largest absolute Gasteiger partial charge is 0.504 e. The Morgan fingerprint density at radius 3 is 2.70 bits per heavy atom. The van der Waals surface area contributed by atoms with Gasteiger partial charge in [-0.05, 0) is 28.8 Å². The van der Waals surface area contributed by atoms with Crippen molar-refractivity contribution < 1.29 is 9.84 Å². The SMILES string of the molecule is COc1cc2ccccc2c(C2=NCCc3ccccc32)c1O. The number of methoxy groups -OCH3 is 1. The highest BCUT2D eigenvalue weighted by Gasteiger charge is 2.22. The summed E-state index contributed by atoms with van der Waals surface area (Å²) in [5.74, 6) is 0.631. The molecule has 3 heteroatoms. The number of nitrogens with zero attached hydrogens (tertiary/aromatic N) is 1. The van der Waals surface area contributed by atoms with E-state index in [1.807, 2.05) is 42.5 Å². The lowest BCUT2D eigenvalue weighted by molar-refractivity contribution is 0.374. The van der Waals surface area contributed by atoms with E-state index >= 15 is 0 Å². The standard InChI is InChI=1S/C20H17NO2/c1-23-17-12-14-7-3-4-8-15(14)18(20(17)22)19-16-9-5-2-6-13(16)10-11-21-19/h2-9,12,22H,10-11H2,1H3. The van der Waals surface area contributed by atoms with Crippen LogP contribution in [0.15, 0.2) is 59.6 Å². The molecular weight excluding hydrogens is 286 g/mol. The van der Waals surface area contributed by atoms with Crippen molar-refractivity contribution in [1.29, 1.82) is 0 Å². The first kappa shape index (κ1) is 13.8. The van der Waals surface area contributed by atoms with E-state index < -0.39 is 0 Å². The Labute approximate surface area is 134 Å². The fraction of sp³-hybridized carbons (Fsp3) is 0.150. The Hall–Kier alpha value is -2.81. The fourth-order valence-corrected chi connectivity index (χ4v) is 3.26. The Morgan fingerprint density at radius 1 is 1.04 bits per heavy atom. The van der Waals surface area contributed by atoms with Gasteiger partial charge in [0.2, 0.25) is 0 Å². The molecule has 0 fully saturated rings. The molecule has 0 saturated heterocycles. The van der Waals surface area contributed by atoms with Crippen LogP contribution < -0.4 is 4.74 Å². The van der Waals surface area contributed by atoms with Crippen molar-refractivity contribution in [2.75, 3.05) is 13.7 Å². The summed E-state index contributed by atoms with van der Waals surface area (Å²) in [4.78, 5) is 4.73. The van der Waals surface area contributed by atoms with Crippen molar-refractivity contribution in [2.24, 2.45) is 4.99 Å². The van der Waals surface area contributed by atoms with Crippen LogP contribution in [0.2, 0.25) is 0 Å². The molecule has 0 spiro atoms. The zero-order valence-corrected chi connectivity index (χ0v) is 12.9. The quantitative estimate of drug-likeness (QED) is 0.779. The van der Waals surface area contributed by atoms with Crippen molar-refractivity contribution in [3.05, 3.63) is 71.3 Å². The Bertz CT molecular complexity index is 928. The molecule has 3 aromatic carbocycles. The normalized spacial score (nSPS) is 13.5. The molecule has 0 saturated carbocycles. The van der Waals surface area contributed by atoms with Crippen LogP contribution in [0.25, 0.3) is 10.8 Å². The van der Waals surface area contributed by atoms with E-state index in [0.29, 0.717) is 5.75 Å². The lowest BCUT2D eigenvalue weighted by atomic mass is 9.90. The van der Waals surface area contributed by atoms with Crippen molar-refractivity contribution >= 4 is 16.5 Å². The van der Waals surface area contributed by atoms with Crippen LogP contribution in [-0.2, 0) is 6.42 Å². The van der Waals surface area contributed by atoms with Gasteiger partial charge < -0.3 is 9.84 Å². The molecule has 3 aromatic rings. The van der Waals surface area contributed by atoms with E-state index in [4.69, 9.17) is 9.73 Å². The summed E-state index contributed by atoms with van der Waals surface area (Å²) in [5.41, 5.74) is 3.96. The average molecular weight is 303 g/mol. The van der Waals surface area contributed by atoms with Gasteiger partial charge in [0.15, 0.2) is 11.5 Å². The van der Waals surface area contributed by atoms with E-state index in [-0.39, 0.29) is 5.75 Å². The van der Waals surface area contributed by atoms with E-state index in [1.54, 1.807) is 7.11 Å². The van der Waals surface area contributed by atoms with Crippen LogP contribution in [0.4, 0.5) is 0 Å². The minimum absolute atomic E-state index is 0.154. The molecule has 1 aliphatic heterocycles. The van der Waals surface area contributed by atoms with Gasteiger partial charge in [-0.15, -0.1) is 0 Å². The second-order valence-corrected chi connectivity index (χ2v) is 5.66. The van der Waals surface area contributed by atoms with Crippen LogP contribution >= 0.6 is 0 Å². The van der Waals surface area contributed by atoms with Gasteiger partial charge in [-0.25, -0.2) is 0 Å². The third-order valence-electron chi connectivity index (χ3n) is 4.37. The lowest BCUT2D eigenvalue weighted by Gasteiger charge is -2.20. The minimum atomic E-state index is 0.154. The summed E-state index contributed by atoms with van der Waals surface area (Å²) < 4.78 is 5.37. The van der Waals surface area contributed by atoms with Crippen LogP contribution in [-0.4, -0.2) is 24.5 Å². The van der Waals surface area contributed by atoms with E-state index in [2.05, 4.69) is 12.1 Å². The molecule has 114 valence electrons. The number of hydrogen-bond donors (Lipinski definition) is 1. The van der Waals surface area contributed by atoms with E-state index in [1.165, 1.54) is 5.56 Å². The molecule has 1 aliphatic rings. The maximum atomic E-state index is 10.8. The first-order chi connectivity index (χ1) is 11.3. The molecule has 23 heavy (non-hydrogen) atoms. The highest BCUT2D eigenvalue weighted by molar-refractivity contribution is 6.22. The Balaban J connectivity index is 2.06. The minimum Gasteiger partial charge on any atom is -0.504 e. The predicted octanol–water partition coefficient (Wildman–Crippen LogP) is 3.95. The number of aromatic hydroxyl groups is 1. The number of phenols is 1.